The van der Waals surface area contributed by atoms with Crippen LogP contribution in [0.2, 0.25) is 0 Å². The summed E-state index contributed by atoms with van der Waals surface area (Å²) in [5, 5.41) is 17.6. The molecule has 11 rings (SSSR count). The van der Waals surface area contributed by atoms with Gasteiger partial charge in [-0.1, -0.05) is 243 Å². The first-order valence-corrected chi connectivity index (χ1v) is 29.9. The molecule has 0 saturated heterocycles. The minimum atomic E-state index is 0.00673. The first-order chi connectivity index (χ1) is 35.3. The molecule has 0 radical (unpaired) electrons. The second-order valence-electron chi connectivity index (χ2n) is 23.8. The number of rotatable bonds is 24. The lowest BCUT2D eigenvalue weighted by Gasteiger charge is -2.38. The van der Waals surface area contributed by atoms with Crippen molar-refractivity contribution in [1.82, 2.24) is 0 Å². The summed E-state index contributed by atoms with van der Waals surface area (Å²) in [7, 11) is 0. The predicted octanol–water partition coefficient (Wildman–Crippen LogP) is 22.4. The molecule has 0 aromatic heterocycles. The molecule has 9 aromatic carbocycles. The molecule has 9 aromatic rings. The van der Waals surface area contributed by atoms with Crippen molar-refractivity contribution < 1.29 is 0 Å². The number of fused-ring (bicyclic) bond motifs is 14. The fraction of sp³-hybridized carbons (Fsp3) is 0.472. The van der Waals surface area contributed by atoms with Crippen LogP contribution in [0.3, 0.4) is 0 Å². The van der Waals surface area contributed by atoms with Crippen LogP contribution in [0.5, 0.6) is 0 Å². The lowest BCUT2D eigenvalue weighted by Crippen LogP contribution is -2.31. The monoisotopic (exact) mass is 951 g/mol. The van der Waals surface area contributed by atoms with Gasteiger partial charge in [0.1, 0.15) is 0 Å². The van der Waals surface area contributed by atoms with E-state index in [4.69, 9.17) is 0 Å². The molecule has 374 valence electrons. The van der Waals surface area contributed by atoms with Crippen LogP contribution in [0.15, 0.2) is 109 Å². The molecule has 0 bridgehead atoms. The summed E-state index contributed by atoms with van der Waals surface area (Å²) in [5.74, 6) is 2.84. The minimum absolute atomic E-state index is 0.00673. The fourth-order valence-corrected chi connectivity index (χ4v) is 16.0. The van der Waals surface area contributed by atoms with Crippen LogP contribution in [-0.4, -0.2) is 0 Å². The Morgan fingerprint density at radius 2 is 0.611 bits per heavy atom. The number of hydrogen-bond acceptors (Lipinski definition) is 0. The van der Waals surface area contributed by atoms with Crippen LogP contribution in [-0.2, 0) is 10.8 Å². The van der Waals surface area contributed by atoms with Gasteiger partial charge in [0.2, 0.25) is 0 Å². The van der Waals surface area contributed by atoms with Gasteiger partial charge in [0.25, 0.3) is 0 Å². The van der Waals surface area contributed by atoms with Gasteiger partial charge in [0, 0.05) is 10.8 Å². The van der Waals surface area contributed by atoms with Crippen molar-refractivity contribution in [3.8, 4) is 22.3 Å². The first kappa shape index (κ1) is 49.3. The van der Waals surface area contributed by atoms with Crippen LogP contribution in [0.4, 0.5) is 0 Å². The van der Waals surface area contributed by atoms with Crippen molar-refractivity contribution in [3.63, 3.8) is 0 Å². The zero-order valence-electron chi connectivity index (χ0n) is 45.8. The molecule has 0 aliphatic heterocycles. The van der Waals surface area contributed by atoms with Gasteiger partial charge < -0.3 is 0 Å². The van der Waals surface area contributed by atoms with Crippen molar-refractivity contribution in [2.45, 2.75) is 195 Å². The topological polar surface area (TPSA) is 0 Å². The summed E-state index contributed by atoms with van der Waals surface area (Å²) in [4.78, 5) is 0. The van der Waals surface area contributed by atoms with Crippen molar-refractivity contribution in [2.75, 3.05) is 0 Å². The molecule has 0 spiro atoms. The Morgan fingerprint density at radius 3 is 0.944 bits per heavy atom. The van der Waals surface area contributed by atoms with Gasteiger partial charge in [-0.15, -0.1) is 0 Å². The quantitative estimate of drug-likeness (QED) is 0.0530. The molecule has 72 heavy (non-hydrogen) atoms. The third-order valence-electron chi connectivity index (χ3n) is 19.8. The molecule has 0 nitrogen and oxygen atoms in total. The summed E-state index contributed by atoms with van der Waals surface area (Å²) < 4.78 is 0. The maximum atomic E-state index is 2.79. The highest BCUT2D eigenvalue weighted by molar-refractivity contribution is 6.47. The van der Waals surface area contributed by atoms with E-state index in [1.807, 2.05) is 0 Å². The zero-order chi connectivity index (χ0) is 49.7. The Bertz CT molecular complexity index is 3080. The molecule has 0 saturated carbocycles. The van der Waals surface area contributed by atoms with Crippen LogP contribution < -0.4 is 0 Å². The van der Waals surface area contributed by atoms with E-state index in [9.17, 15) is 0 Å². The second kappa shape index (κ2) is 20.4. The lowest BCUT2D eigenvalue weighted by atomic mass is 9.65. The summed E-state index contributed by atoms with van der Waals surface area (Å²) in [5.41, 5.74) is 12.5. The van der Waals surface area contributed by atoms with Gasteiger partial charge in [0.15, 0.2) is 0 Å². The van der Waals surface area contributed by atoms with Gasteiger partial charge in [-0.3, -0.25) is 0 Å². The van der Waals surface area contributed by atoms with E-state index in [1.165, 1.54) is 215 Å². The highest BCUT2D eigenvalue weighted by Gasteiger charge is 2.47. The van der Waals surface area contributed by atoms with E-state index in [1.54, 1.807) is 22.3 Å². The van der Waals surface area contributed by atoms with E-state index in [0.717, 1.165) is 0 Å². The Labute approximate surface area is 434 Å². The standard InChI is InChI=1S/C72H86/c1-9-17-27-47(13-5)43-71(44-48(14-6)28-18-10-2)63-37-23-21-31-51(63)59-39-57-53-33-25-36-56-67(53)69(61(57)41-65(59)71)55-35-26-34-54-58-40-60-52-32-22-24-38-64(52)72(45-49(15-7)29-19-11-3,46-50(16-8)30-20-12-4)66(60)42-62(58)70(56)68(54)55/h21-26,31-42,47-50H,9-20,27-30,43-46H2,1-8H3. The fourth-order valence-electron chi connectivity index (χ4n) is 16.0. The number of hydrogen-bond donors (Lipinski definition) is 0. The summed E-state index contributed by atoms with van der Waals surface area (Å²) in [6.45, 7) is 19.4. The summed E-state index contributed by atoms with van der Waals surface area (Å²) >= 11 is 0. The first-order valence-electron chi connectivity index (χ1n) is 29.9. The molecule has 0 N–H and O–H groups in total. The Morgan fingerprint density at radius 1 is 0.292 bits per heavy atom. The molecular formula is C72H86. The van der Waals surface area contributed by atoms with Gasteiger partial charge in [0.05, 0.1) is 0 Å². The average molecular weight is 951 g/mol. The van der Waals surface area contributed by atoms with E-state index < -0.39 is 0 Å². The van der Waals surface area contributed by atoms with Crippen molar-refractivity contribution in [1.29, 1.82) is 0 Å². The lowest BCUT2D eigenvalue weighted by molar-refractivity contribution is 0.266. The zero-order valence-corrected chi connectivity index (χ0v) is 45.8. The van der Waals surface area contributed by atoms with Crippen LogP contribution in [0.25, 0.3) is 86.9 Å². The normalized spacial score (nSPS) is 19.0. The molecule has 4 unspecified atom stereocenters. The van der Waals surface area contributed by atoms with Crippen LogP contribution in [0.1, 0.15) is 206 Å². The minimum Gasteiger partial charge on any atom is -0.0654 e. The largest absolute Gasteiger partial charge is 0.0654 e. The predicted molar refractivity (Wildman–Crippen MR) is 318 cm³/mol. The average Bonchev–Trinajstić information content (AvgIpc) is 4.10. The van der Waals surface area contributed by atoms with Crippen LogP contribution in [0, 0.1) is 23.7 Å². The molecule has 0 heteroatoms. The molecule has 4 atom stereocenters. The van der Waals surface area contributed by atoms with Gasteiger partial charge >= 0.3 is 0 Å². The summed E-state index contributed by atoms with van der Waals surface area (Å²) in [6, 6.07) is 45.1. The van der Waals surface area contributed by atoms with E-state index in [0.29, 0.717) is 23.7 Å². The Kier molecular flexibility index (Phi) is 14.0. The van der Waals surface area contributed by atoms with E-state index >= 15 is 0 Å². The molecule has 0 fully saturated rings. The second-order valence-corrected chi connectivity index (χ2v) is 23.8. The molecule has 0 heterocycles. The molecular weight excluding hydrogens is 865 g/mol. The maximum absolute atomic E-state index is 2.79. The maximum Gasteiger partial charge on any atom is 0.0220 e. The Balaban J connectivity index is 1.19. The van der Waals surface area contributed by atoms with Gasteiger partial charge in [-0.2, -0.15) is 0 Å². The third-order valence-corrected chi connectivity index (χ3v) is 19.8. The number of benzene rings is 7. The highest BCUT2D eigenvalue weighted by atomic mass is 14.5. The Hall–Kier alpha value is -4.94. The SMILES string of the molecule is CCCCC(CC)CC1(CC(CC)CCCC)c2ccccc2-c2cc3c4cccc5c4c(c3cc21)c1cccc2c3cc4c(cc3c5c21)C(CC(CC)CCCC)(CC(CC)CCCC)c1ccccc1-4. The van der Waals surface area contributed by atoms with Gasteiger partial charge in [-0.05, 0) is 183 Å². The third kappa shape index (κ3) is 7.80. The summed E-state index contributed by atoms with van der Waals surface area (Å²) in [6.07, 6.45) is 25.7. The molecule has 0 amide bonds. The number of unbranched alkanes of at least 4 members (excludes halogenated alkanes) is 4. The van der Waals surface area contributed by atoms with Crippen molar-refractivity contribution in [2.24, 2.45) is 23.7 Å². The van der Waals surface area contributed by atoms with Crippen molar-refractivity contribution >= 4 is 64.6 Å². The van der Waals surface area contributed by atoms with Crippen molar-refractivity contribution in [3.05, 3.63) is 131 Å². The van der Waals surface area contributed by atoms with Crippen LogP contribution >= 0.6 is 0 Å². The van der Waals surface area contributed by atoms with Gasteiger partial charge in [-0.25, -0.2) is 0 Å². The smallest absolute Gasteiger partial charge is 0.0220 e. The van der Waals surface area contributed by atoms with E-state index in [2.05, 4.69) is 165 Å². The molecule has 2 aliphatic carbocycles. The highest BCUT2D eigenvalue weighted by Crippen LogP contribution is 2.61. The van der Waals surface area contributed by atoms with E-state index in [-0.39, 0.29) is 10.8 Å². The molecule has 2 aliphatic rings.